The third kappa shape index (κ3) is 12.3. The molecule has 32 heavy (non-hydrogen) atoms. The van der Waals surface area contributed by atoms with Crippen molar-refractivity contribution >= 4 is 47.6 Å². The quantitative estimate of drug-likeness (QED) is 0.139. The van der Waals surface area contributed by atoms with Gasteiger partial charge in [0, 0.05) is 57.0 Å². The molecule has 1 aromatic carbocycles. The standard InChI is InChI=1S/C23H39N5O2S.HI/c1-19(2)30-16-15-28-13-10-20(11-14-28)26-23(25-18-22(29)27(3)4)24-12-17-31-21-8-6-5-7-9-21;/h5-9,19-20H,10-18H2,1-4H3,(H2,24,25,26);1H. The second-order valence-electron chi connectivity index (χ2n) is 8.22. The molecule has 9 heteroatoms. The minimum absolute atomic E-state index is 0. The van der Waals surface area contributed by atoms with E-state index in [9.17, 15) is 4.79 Å². The van der Waals surface area contributed by atoms with Crippen LogP contribution in [-0.4, -0.2) is 93.0 Å². The number of likely N-dealkylation sites (tertiary alicyclic amines) is 1. The van der Waals surface area contributed by atoms with Crippen LogP contribution in [0.25, 0.3) is 0 Å². The molecule has 1 aliphatic rings. The van der Waals surface area contributed by atoms with Crippen LogP contribution in [0.15, 0.2) is 40.2 Å². The molecule has 2 rings (SSSR count). The minimum Gasteiger partial charge on any atom is -0.377 e. The molecule has 0 bridgehead atoms. The van der Waals surface area contributed by atoms with E-state index in [1.165, 1.54) is 4.90 Å². The first-order valence-electron chi connectivity index (χ1n) is 11.2. The molecule has 7 nitrogen and oxygen atoms in total. The highest BCUT2D eigenvalue weighted by atomic mass is 127. The summed E-state index contributed by atoms with van der Waals surface area (Å²) >= 11 is 1.81. The Labute approximate surface area is 215 Å². The fourth-order valence-corrected chi connectivity index (χ4v) is 4.00. The Morgan fingerprint density at radius 1 is 1.25 bits per heavy atom. The Hall–Kier alpha value is -1.04. The lowest BCUT2D eigenvalue weighted by molar-refractivity contribution is -0.127. The molecular weight excluding hydrogens is 537 g/mol. The SMILES string of the molecule is CC(C)OCCN1CCC(NC(=NCC(=O)N(C)C)NCCSc2ccccc2)CC1.I. The van der Waals surface area contributed by atoms with Crippen LogP contribution in [0, 0.1) is 0 Å². The van der Waals surface area contributed by atoms with E-state index in [1.807, 2.05) is 17.8 Å². The Morgan fingerprint density at radius 3 is 2.56 bits per heavy atom. The van der Waals surface area contributed by atoms with Gasteiger partial charge >= 0.3 is 0 Å². The van der Waals surface area contributed by atoms with Gasteiger partial charge in [-0.15, -0.1) is 35.7 Å². The summed E-state index contributed by atoms with van der Waals surface area (Å²) in [5.41, 5.74) is 0. The molecule has 1 saturated heterocycles. The number of ether oxygens (including phenoxy) is 1. The van der Waals surface area contributed by atoms with Gasteiger partial charge in [-0.2, -0.15) is 0 Å². The summed E-state index contributed by atoms with van der Waals surface area (Å²) in [4.78, 5) is 21.8. The Balaban J connectivity index is 0.00000512. The first-order chi connectivity index (χ1) is 14.9. The molecule has 0 aromatic heterocycles. The van der Waals surface area contributed by atoms with Crippen LogP contribution in [0.2, 0.25) is 0 Å². The van der Waals surface area contributed by atoms with Gasteiger partial charge in [0.25, 0.3) is 0 Å². The molecule has 0 spiro atoms. The minimum atomic E-state index is -0.000248. The number of amides is 1. The average Bonchev–Trinajstić information content (AvgIpc) is 2.76. The average molecular weight is 578 g/mol. The van der Waals surface area contributed by atoms with Crippen molar-refractivity contribution in [2.75, 3.05) is 59.2 Å². The normalized spacial score (nSPS) is 15.3. The molecule has 2 N–H and O–H groups in total. The van der Waals surface area contributed by atoms with E-state index in [0.29, 0.717) is 6.04 Å². The van der Waals surface area contributed by atoms with Gasteiger partial charge in [-0.1, -0.05) is 18.2 Å². The third-order valence-electron chi connectivity index (χ3n) is 5.06. The van der Waals surface area contributed by atoms with Gasteiger partial charge in [0.15, 0.2) is 5.96 Å². The summed E-state index contributed by atoms with van der Waals surface area (Å²) in [5.74, 6) is 1.66. The number of carbonyl (C=O) groups is 1. The summed E-state index contributed by atoms with van der Waals surface area (Å²) in [6, 6.07) is 10.7. The lowest BCUT2D eigenvalue weighted by Crippen LogP contribution is -2.49. The number of guanidine groups is 1. The smallest absolute Gasteiger partial charge is 0.243 e. The molecule has 182 valence electrons. The first kappa shape index (κ1) is 29.0. The van der Waals surface area contributed by atoms with Gasteiger partial charge < -0.3 is 25.2 Å². The Kier molecular flexibility index (Phi) is 15.0. The topological polar surface area (TPSA) is 69.2 Å². The first-order valence-corrected chi connectivity index (χ1v) is 12.2. The number of likely N-dealkylation sites (N-methyl/N-ethyl adjacent to an activating group) is 1. The Morgan fingerprint density at radius 2 is 1.94 bits per heavy atom. The fraction of sp³-hybridized carbons (Fsp3) is 0.652. The fourth-order valence-electron chi connectivity index (χ4n) is 3.21. The summed E-state index contributed by atoms with van der Waals surface area (Å²) in [6.07, 6.45) is 2.40. The number of hydrogen-bond acceptors (Lipinski definition) is 5. The van der Waals surface area contributed by atoms with Crippen molar-refractivity contribution in [3.05, 3.63) is 30.3 Å². The van der Waals surface area contributed by atoms with Crippen molar-refractivity contribution in [2.24, 2.45) is 4.99 Å². The summed E-state index contributed by atoms with van der Waals surface area (Å²) < 4.78 is 5.67. The number of nitrogens with zero attached hydrogens (tertiary/aromatic N) is 3. The molecule has 0 aliphatic carbocycles. The van der Waals surface area contributed by atoms with Crippen molar-refractivity contribution < 1.29 is 9.53 Å². The van der Waals surface area contributed by atoms with E-state index in [2.05, 4.69) is 58.6 Å². The highest BCUT2D eigenvalue weighted by Gasteiger charge is 2.20. The van der Waals surface area contributed by atoms with Crippen molar-refractivity contribution in [3.63, 3.8) is 0 Å². The number of benzene rings is 1. The van der Waals surface area contributed by atoms with E-state index in [0.717, 1.165) is 57.3 Å². The number of carbonyl (C=O) groups excluding carboxylic acids is 1. The zero-order valence-corrected chi connectivity index (χ0v) is 23.0. The lowest BCUT2D eigenvalue weighted by Gasteiger charge is -2.33. The van der Waals surface area contributed by atoms with Crippen molar-refractivity contribution in [1.82, 2.24) is 20.4 Å². The summed E-state index contributed by atoms with van der Waals surface area (Å²) in [6.45, 7) is 8.95. The van der Waals surface area contributed by atoms with Crippen molar-refractivity contribution in [3.8, 4) is 0 Å². The Bertz CT molecular complexity index is 668. The predicted octanol–water partition coefficient (Wildman–Crippen LogP) is 2.91. The summed E-state index contributed by atoms with van der Waals surface area (Å²) in [7, 11) is 3.52. The van der Waals surface area contributed by atoms with Gasteiger partial charge in [0.2, 0.25) is 5.91 Å². The number of piperidine rings is 1. The largest absolute Gasteiger partial charge is 0.377 e. The van der Waals surface area contributed by atoms with E-state index < -0.39 is 0 Å². The molecule has 0 radical (unpaired) electrons. The van der Waals surface area contributed by atoms with Gasteiger partial charge in [0.05, 0.1) is 12.7 Å². The maximum Gasteiger partial charge on any atom is 0.243 e. The molecule has 0 saturated carbocycles. The molecule has 1 aliphatic heterocycles. The van der Waals surface area contributed by atoms with Crippen molar-refractivity contribution in [2.45, 2.75) is 43.7 Å². The van der Waals surface area contributed by atoms with Crippen LogP contribution in [0.3, 0.4) is 0 Å². The van der Waals surface area contributed by atoms with Gasteiger partial charge in [-0.25, -0.2) is 4.99 Å². The molecule has 0 unspecified atom stereocenters. The van der Waals surface area contributed by atoms with E-state index in [4.69, 9.17) is 4.74 Å². The van der Waals surface area contributed by atoms with E-state index >= 15 is 0 Å². The van der Waals surface area contributed by atoms with E-state index in [-0.39, 0.29) is 42.5 Å². The molecule has 1 fully saturated rings. The van der Waals surface area contributed by atoms with Gasteiger partial charge in [0.1, 0.15) is 6.54 Å². The number of thioether (sulfide) groups is 1. The van der Waals surface area contributed by atoms with Crippen LogP contribution in [0.5, 0.6) is 0 Å². The number of nitrogens with one attached hydrogen (secondary N) is 2. The second-order valence-corrected chi connectivity index (χ2v) is 9.39. The molecule has 1 amide bonds. The monoisotopic (exact) mass is 577 g/mol. The van der Waals surface area contributed by atoms with Crippen LogP contribution < -0.4 is 10.6 Å². The van der Waals surface area contributed by atoms with Crippen molar-refractivity contribution in [1.29, 1.82) is 0 Å². The van der Waals surface area contributed by atoms with Gasteiger partial charge in [-0.3, -0.25) is 4.79 Å². The number of rotatable bonds is 11. The van der Waals surface area contributed by atoms with Crippen LogP contribution in [0.4, 0.5) is 0 Å². The third-order valence-corrected chi connectivity index (χ3v) is 6.08. The number of hydrogen-bond donors (Lipinski definition) is 2. The molecule has 0 atom stereocenters. The zero-order chi connectivity index (χ0) is 22.5. The zero-order valence-electron chi connectivity index (χ0n) is 19.9. The van der Waals surface area contributed by atoms with E-state index in [1.54, 1.807) is 19.0 Å². The number of aliphatic imine (C=N–C) groups is 1. The summed E-state index contributed by atoms with van der Waals surface area (Å²) in [5, 5.41) is 6.95. The maximum absolute atomic E-state index is 12.0. The molecule has 1 aromatic rings. The highest BCUT2D eigenvalue weighted by Crippen LogP contribution is 2.15. The van der Waals surface area contributed by atoms with Crippen LogP contribution in [0.1, 0.15) is 26.7 Å². The van der Waals surface area contributed by atoms with Crippen LogP contribution >= 0.6 is 35.7 Å². The maximum atomic E-state index is 12.0. The predicted molar refractivity (Wildman–Crippen MR) is 145 cm³/mol. The molecular formula is C23H40IN5O2S. The highest BCUT2D eigenvalue weighted by molar-refractivity contribution is 14.0. The van der Waals surface area contributed by atoms with Gasteiger partial charge in [-0.05, 0) is 38.8 Å². The number of halogens is 1. The lowest BCUT2D eigenvalue weighted by atomic mass is 10.1. The molecule has 1 heterocycles. The van der Waals surface area contributed by atoms with Crippen LogP contribution in [-0.2, 0) is 9.53 Å². The second kappa shape index (κ2) is 16.6.